The average Bonchev–Trinajstić information content (AvgIpc) is 3.86. The monoisotopic (exact) mass is 601 g/mol. The molecule has 0 radical (unpaired) electrons. The summed E-state index contributed by atoms with van der Waals surface area (Å²) in [6, 6.07) is 1.88. The summed E-state index contributed by atoms with van der Waals surface area (Å²) in [6.45, 7) is 13.9. The first kappa shape index (κ1) is 39.0. The van der Waals surface area contributed by atoms with E-state index in [0.717, 1.165) is 64.2 Å². The molecule has 0 amide bonds. The number of nitrogens with two attached hydrogens (primary N) is 1. The molecule has 0 spiro atoms. The van der Waals surface area contributed by atoms with Gasteiger partial charge in [-0.3, -0.25) is 0 Å². The maximum atomic E-state index is 5.83. The van der Waals surface area contributed by atoms with E-state index in [-0.39, 0.29) is 10.7 Å². The van der Waals surface area contributed by atoms with E-state index in [2.05, 4.69) is 6.92 Å². The van der Waals surface area contributed by atoms with Crippen LogP contribution in [-0.2, 0) is 41.1 Å². The molecule has 13 heteroatoms. The minimum Gasteiger partial charge on any atom is -0.412 e. The fourth-order valence-corrected chi connectivity index (χ4v) is 11.5. The fraction of sp³-hybridized carbons (Fsp3) is 1.00. The molecule has 11 nitrogen and oxygen atoms in total. The molecule has 236 valence electrons. The third-order valence-corrected chi connectivity index (χ3v) is 14.5. The lowest BCUT2D eigenvalue weighted by Gasteiger charge is -2.47. The van der Waals surface area contributed by atoms with Gasteiger partial charge >= 0.3 is 17.4 Å². The molecular formula is C26H59NO10Si2. The molecule has 3 fully saturated rings. The Labute approximate surface area is 239 Å². The number of hydrogen-bond acceptors (Lipinski definition) is 10. The van der Waals surface area contributed by atoms with E-state index >= 15 is 0 Å². The predicted octanol–water partition coefficient (Wildman–Crippen LogP) is 2.99. The quantitative estimate of drug-likeness (QED) is 0.184. The molecule has 3 aliphatic rings. The van der Waals surface area contributed by atoms with Gasteiger partial charge in [-0.15, -0.1) is 0 Å². The van der Waals surface area contributed by atoms with E-state index in [1.165, 1.54) is 12.8 Å². The third kappa shape index (κ3) is 13.7. The molecule has 3 saturated heterocycles. The highest BCUT2D eigenvalue weighted by Crippen LogP contribution is 2.42. The van der Waals surface area contributed by atoms with Gasteiger partial charge < -0.3 is 52.3 Å². The van der Waals surface area contributed by atoms with Gasteiger partial charge in [0.1, 0.15) is 17.4 Å². The van der Waals surface area contributed by atoms with E-state index in [1.807, 2.05) is 20.8 Å². The van der Waals surface area contributed by atoms with Gasteiger partial charge in [-0.05, 0) is 52.6 Å². The maximum absolute atomic E-state index is 5.83. The Hall–Kier alpha value is -0.00623. The molecule has 3 aliphatic heterocycles. The molecule has 0 bridgehead atoms. The SMILES string of the molecule is C(OCC1CO1)C1CO1.CCCC1(OC)CCCC[Si]1(OC)OC.CCO[Si](CCCN)(OCC)OCC.O. The standard InChI is InChI=1S/C11H24O3Si.C9H23NO3Si.C6H10O3.H2O/c1-5-8-11(12-2)9-6-7-10-15(11,13-3)14-4;1-4-11-14(12-5-2,13-6-3)9-7-8-10;1(5-3-8-5)7-2-6-4-9-6;/h5-10H2,1-4H3;4-10H2,1-3H3;5-6H,1-4H2;1H2. The number of methoxy groups -OCH3 is 1. The molecule has 3 rings (SSSR count). The Balaban J connectivity index is 0.000000562. The molecule has 3 atom stereocenters. The zero-order valence-corrected chi connectivity index (χ0v) is 27.7. The van der Waals surface area contributed by atoms with Crippen molar-refractivity contribution in [3.05, 3.63) is 0 Å². The van der Waals surface area contributed by atoms with Gasteiger partial charge in [-0.2, -0.15) is 0 Å². The summed E-state index contributed by atoms with van der Waals surface area (Å²) in [5, 5.41) is -0.122. The largest absolute Gasteiger partial charge is 0.500 e. The first-order valence-corrected chi connectivity index (χ1v) is 18.4. The number of rotatable bonds is 18. The maximum Gasteiger partial charge on any atom is 0.500 e. The van der Waals surface area contributed by atoms with E-state index in [9.17, 15) is 0 Å². The van der Waals surface area contributed by atoms with Gasteiger partial charge in [-0.1, -0.05) is 26.2 Å². The molecule has 4 N–H and O–H groups in total. The van der Waals surface area contributed by atoms with Crippen molar-refractivity contribution in [2.75, 3.05) is 74.1 Å². The fourth-order valence-electron chi connectivity index (χ4n) is 4.90. The van der Waals surface area contributed by atoms with Crippen molar-refractivity contribution in [2.24, 2.45) is 5.73 Å². The van der Waals surface area contributed by atoms with Crippen molar-refractivity contribution in [1.29, 1.82) is 0 Å². The zero-order valence-electron chi connectivity index (χ0n) is 25.7. The molecule has 39 heavy (non-hydrogen) atoms. The van der Waals surface area contributed by atoms with Crippen LogP contribution in [-0.4, -0.2) is 114 Å². The van der Waals surface area contributed by atoms with Crippen molar-refractivity contribution >= 4 is 17.4 Å². The summed E-state index contributed by atoms with van der Waals surface area (Å²) >= 11 is 0. The summed E-state index contributed by atoms with van der Waals surface area (Å²) in [4.78, 5) is 0. The second-order valence-electron chi connectivity index (χ2n) is 9.64. The number of epoxide rings is 2. The van der Waals surface area contributed by atoms with Gasteiger partial charge in [0.2, 0.25) is 0 Å². The van der Waals surface area contributed by atoms with Crippen LogP contribution in [0.25, 0.3) is 0 Å². The number of ether oxygens (including phenoxy) is 4. The zero-order chi connectivity index (χ0) is 28.3. The Morgan fingerprint density at radius 1 is 0.872 bits per heavy atom. The van der Waals surface area contributed by atoms with Gasteiger partial charge in [0.05, 0.1) is 26.4 Å². The molecule has 0 aliphatic carbocycles. The summed E-state index contributed by atoms with van der Waals surface area (Å²) in [5.41, 5.74) is 5.48. The highest BCUT2D eigenvalue weighted by molar-refractivity contribution is 6.70. The van der Waals surface area contributed by atoms with Crippen molar-refractivity contribution in [3.8, 4) is 0 Å². The van der Waals surface area contributed by atoms with Gasteiger partial charge in [-0.25, -0.2) is 0 Å². The van der Waals surface area contributed by atoms with Gasteiger partial charge in [0.25, 0.3) is 0 Å². The first-order valence-electron chi connectivity index (χ1n) is 14.5. The van der Waals surface area contributed by atoms with Gasteiger partial charge in [0.15, 0.2) is 0 Å². The van der Waals surface area contributed by atoms with Gasteiger partial charge in [0, 0.05) is 47.2 Å². The second-order valence-corrected chi connectivity index (χ2v) is 16.1. The Morgan fingerprint density at radius 2 is 1.38 bits per heavy atom. The normalized spacial score (nSPS) is 24.9. The van der Waals surface area contributed by atoms with Crippen LogP contribution in [0, 0.1) is 0 Å². The van der Waals surface area contributed by atoms with Crippen molar-refractivity contribution < 1.29 is 46.6 Å². The predicted molar refractivity (Wildman–Crippen MR) is 156 cm³/mol. The third-order valence-electron chi connectivity index (χ3n) is 6.93. The second kappa shape index (κ2) is 21.7. The van der Waals surface area contributed by atoms with E-state index in [0.29, 0.717) is 38.6 Å². The van der Waals surface area contributed by atoms with E-state index < -0.39 is 17.4 Å². The molecular weight excluding hydrogens is 542 g/mol. The summed E-state index contributed by atoms with van der Waals surface area (Å²) in [7, 11) is 0.821. The summed E-state index contributed by atoms with van der Waals surface area (Å²) in [6.07, 6.45) is 7.38. The van der Waals surface area contributed by atoms with Crippen LogP contribution >= 0.6 is 0 Å². The molecule has 0 aromatic carbocycles. The summed E-state index contributed by atoms with van der Waals surface area (Å²) in [5.74, 6) is 0. The molecule has 0 saturated carbocycles. The van der Waals surface area contributed by atoms with Crippen LogP contribution in [0.2, 0.25) is 12.1 Å². The van der Waals surface area contributed by atoms with Crippen molar-refractivity contribution in [2.45, 2.75) is 95.7 Å². The van der Waals surface area contributed by atoms with Crippen LogP contribution in [0.3, 0.4) is 0 Å². The van der Waals surface area contributed by atoms with E-state index in [4.69, 9.17) is 46.8 Å². The van der Waals surface area contributed by atoms with Crippen molar-refractivity contribution in [3.63, 3.8) is 0 Å². The summed E-state index contributed by atoms with van der Waals surface area (Å²) < 4.78 is 49.5. The molecule has 3 unspecified atom stereocenters. The minimum absolute atomic E-state index is 0. The minimum atomic E-state index is -2.40. The lowest BCUT2D eigenvalue weighted by molar-refractivity contribution is -0.0149. The van der Waals surface area contributed by atoms with Crippen LogP contribution in [0.5, 0.6) is 0 Å². The Bertz CT molecular complexity index is 550. The van der Waals surface area contributed by atoms with E-state index in [1.54, 1.807) is 21.3 Å². The van der Waals surface area contributed by atoms with Crippen LogP contribution in [0.4, 0.5) is 0 Å². The Kier molecular flexibility index (Phi) is 21.7. The van der Waals surface area contributed by atoms with Crippen LogP contribution in [0.15, 0.2) is 0 Å². The van der Waals surface area contributed by atoms with Crippen LogP contribution < -0.4 is 5.73 Å². The van der Waals surface area contributed by atoms with Crippen molar-refractivity contribution in [1.82, 2.24) is 0 Å². The Morgan fingerprint density at radius 3 is 1.74 bits per heavy atom. The van der Waals surface area contributed by atoms with Crippen LogP contribution in [0.1, 0.15) is 66.2 Å². The smallest absolute Gasteiger partial charge is 0.412 e. The topological polar surface area (TPSA) is 147 Å². The first-order chi connectivity index (χ1) is 18.4. The lowest BCUT2D eigenvalue weighted by atomic mass is 10.1. The highest BCUT2D eigenvalue weighted by Gasteiger charge is 2.58. The lowest BCUT2D eigenvalue weighted by Crippen LogP contribution is -2.64. The molecule has 0 aromatic heterocycles. The number of hydrogen-bond donors (Lipinski definition) is 1. The average molecular weight is 602 g/mol. The molecule has 3 heterocycles. The highest BCUT2D eigenvalue weighted by atomic mass is 28.4. The molecule has 0 aromatic rings.